The third-order valence-corrected chi connectivity index (χ3v) is 8.64. The normalized spacial score (nSPS) is 19.3. The Bertz CT molecular complexity index is 1550. The predicted molar refractivity (Wildman–Crippen MR) is 151 cm³/mol. The van der Waals surface area contributed by atoms with Crippen LogP contribution in [0.2, 0.25) is 15.1 Å². The van der Waals surface area contributed by atoms with Gasteiger partial charge in [0.25, 0.3) is 5.91 Å². The molecule has 3 aromatic carbocycles. The Morgan fingerprint density at radius 2 is 1.56 bits per heavy atom. The Balaban J connectivity index is 1.54. The number of rotatable bonds is 8. The molecule has 1 aliphatic carbocycles. The minimum absolute atomic E-state index is 0.0368. The summed E-state index contributed by atoms with van der Waals surface area (Å²) in [6.07, 6.45) is -4.62. The largest absolute Gasteiger partial charge is 0.471 e. The van der Waals surface area contributed by atoms with Crippen molar-refractivity contribution in [3.63, 3.8) is 0 Å². The van der Waals surface area contributed by atoms with E-state index in [4.69, 9.17) is 58.0 Å². The zero-order valence-corrected chi connectivity index (χ0v) is 24.0. The number of carbonyl (C=O) groups is 3. The molecule has 0 aromatic heterocycles. The second-order valence-electron chi connectivity index (χ2n) is 9.03. The van der Waals surface area contributed by atoms with Gasteiger partial charge in [-0.1, -0.05) is 64.1 Å². The molecule has 0 heterocycles. The van der Waals surface area contributed by atoms with E-state index in [2.05, 4.69) is 10.6 Å². The van der Waals surface area contributed by atoms with Crippen molar-refractivity contribution < 1.29 is 31.9 Å². The molecule has 1 fully saturated rings. The summed E-state index contributed by atoms with van der Waals surface area (Å²) >= 11 is 31.3. The molecule has 6 nitrogen and oxygen atoms in total. The lowest BCUT2D eigenvalue weighted by Gasteiger charge is -2.16. The maximum atomic E-state index is 13.7. The molecule has 1 saturated carbocycles. The Morgan fingerprint density at radius 1 is 0.878 bits per heavy atom. The Hall–Kier alpha value is -2.76. The van der Waals surface area contributed by atoms with E-state index in [-0.39, 0.29) is 27.8 Å². The van der Waals surface area contributed by atoms with Crippen LogP contribution in [0.4, 0.5) is 34.6 Å². The lowest BCUT2D eigenvalue weighted by Crippen LogP contribution is -2.30. The molecule has 2 atom stereocenters. The van der Waals surface area contributed by atoms with Crippen molar-refractivity contribution >= 4 is 93.2 Å². The summed E-state index contributed by atoms with van der Waals surface area (Å²) in [6, 6.07) is 11.4. The third-order valence-electron chi connectivity index (χ3n) is 6.43. The van der Waals surface area contributed by atoms with E-state index in [0.29, 0.717) is 28.6 Å². The first-order valence-electron chi connectivity index (χ1n) is 11.4. The first-order chi connectivity index (χ1) is 19.1. The number of carbonyl (C=O) groups excluding carboxylic acids is 3. The summed E-state index contributed by atoms with van der Waals surface area (Å²) in [5, 5.41) is 7.35. The van der Waals surface area contributed by atoms with Gasteiger partial charge in [-0.2, -0.15) is 13.2 Å². The van der Waals surface area contributed by atoms with Gasteiger partial charge >= 0.3 is 12.1 Å². The maximum Gasteiger partial charge on any atom is 0.471 e. The van der Waals surface area contributed by atoms with Gasteiger partial charge in [0.2, 0.25) is 0 Å². The van der Waals surface area contributed by atoms with E-state index >= 15 is 0 Å². The average molecular weight is 672 g/mol. The van der Waals surface area contributed by atoms with E-state index < -0.39 is 45.2 Å². The number of alkyl halides is 5. The molecular weight excluding hydrogens is 656 g/mol. The number of benzene rings is 3. The van der Waals surface area contributed by atoms with Crippen molar-refractivity contribution in [2.24, 2.45) is 5.41 Å². The van der Waals surface area contributed by atoms with Crippen molar-refractivity contribution in [3.8, 4) is 0 Å². The molecule has 4 rings (SSSR count). The van der Waals surface area contributed by atoms with Crippen LogP contribution in [0.1, 0.15) is 21.8 Å². The third kappa shape index (κ3) is 6.22. The minimum atomic E-state index is -5.25. The standard InChI is InChI=1S/C26H16Cl5F4N3O3/c27-16-5-3-14(36-10-24(11-39)21(25(24,30)31)12-1-4-17(28)18(29)7-12)9-15(16)22(40)37-19-6-2-13(32)8-20(19)38-23(41)26(33,34)35/h1-9,11,21,36H,10H2,(H,37,40)(H,38,41). The first-order valence-corrected chi connectivity index (χ1v) is 13.3. The number of aldehydes is 1. The summed E-state index contributed by atoms with van der Waals surface area (Å²) in [4.78, 5) is 36.6. The highest BCUT2D eigenvalue weighted by atomic mass is 35.5. The van der Waals surface area contributed by atoms with Gasteiger partial charge in [0.15, 0.2) is 0 Å². The molecule has 1 aliphatic rings. The Morgan fingerprint density at radius 3 is 2.20 bits per heavy atom. The molecule has 0 bridgehead atoms. The van der Waals surface area contributed by atoms with E-state index in [9.17, 15) is 31.9 Å². The zero-order valence-electron chi connectivity index (χ0n) is 20.2. The molecule has 2 unspecified atom stereocenters. The highest BCUT2D eigenvalue weighted by Crippen LogP contribution is 2.73. The van der Waals surface area contributed by atoms with Gasteiger partial charge in [0.1, 0.15) is 16.4 Å². The van der Waals surface area contributed by atoms with E-state index in [1.807, 2.05) is 0 Å². The zero-order chi connectivity index (χ0) is 30.3. The molecule has 0 aliphatic heterocycles. The van der Waals surface area contributed by atoms with Crippen molar-refractivity contribution in [3.05, 3.63) is 86.6 Å². The number of amides is 2. The SMILES string of the molecule is O=CC1(CNc2ccc(Cl)c(C(=O)Nc3ccc(F)cc3NC(=O)C(F)(F)F)c2)C(c2ccc(Cl)c(Cl)c2)C1(Cl)Cl. The Labute approximate surface area is 255 Å². The molecule has 0 saturated heterocycles. The van der Waals surface area contributed by atoms with Crippen molar-refractivity contribution in [2.45, 2.75) is 16.4 Å². The van der Waals surface area contributed by atoms with Gasteiger partial charge in [-0.3, -0.25) is 9.59 Å². The van der Waals surface area contributed by atoms with Crippen LogP contribution >= 0.6 is 58.0 Å². The fourth-order valence-electron chi connectivity index (χ4n) is 4.25. The van der Waals surface area contributed by atoms with Crippen LogP contribution in [0.15, 0.2) is 54.6 Å². The van der Waals surface area contributed by atoms with Crippen LogP contribution in [0, 0.1) is 11.2 Å². The maximum absolute atomic E-state index is 13.7. The summed E-state index contributed by atoms with van der Waals surface area (Å²) in [6.45, 7) is -0.0668. The monoisotopic (exact) mass is 669 g/mol. The summed E-state index contributed by atoms with van der Waals surface area (Å²) in [7, 11) is 0. The van der Waals surface area contributed by atoms with Gasteiger partial charge < -0.3 is 20.7 Å². The van der Waals surface area contributed by atoms with Gasteiger partial charge in [-0.05, 0) is 54.1 Å². The van der Waals surface area contributed by atoms with Crippen molar-refractivity contribution in [1.82, 2.24) is 0 Å². The summed E-state index contributed by atoms with van der Waals surface area (Å²) < 4.78 is 50.3. The fourth-order valence-corrected chi connectivity index (χ4v) is 5.74. The number of halogens is 9. The van der Waals surface area contributed by atoms with Crippen LogP contribution in [0.3, 0.4) is 0 Å². The van der Waals surface area contributed by atoms with Crippen LogP contribution in [0.25, 0.3) is 0 Å². The molecule has 0 spiro atoms. The van der Waals surface area contributed by atoms with Crippen molar-refractivity contribution in [1.29, 1.82) is 0 Å². The number of anilines is 3. The average Bonchev–Trinajstić information content (AvgIpc) is 3.40. The minimum Gasteiger partial charge on any atom is -0.384 e. The molecule has 15 heteroatoms. The smallest absolute Gasteiger partial charge is 0.384 e. The molecular formula is C26H16Cl5F4N3O3. The van der Waals surface area contributed by atoms with Gasteiger partial charge in [0.05, 0.1) is 37.4 Å². The van der Waals surface area contributed by atoms with E-state index in [1.54, 1.807) is 18.2 Å². The predicted octanol–water partition coefficient (Wildman–Crippen LogP) is 8.11. The second-order valence-corrected chi connectivity index (χ2v) is 11.6. The number of hydrogen-bond donors (Lipinski definition) is 3. The summed E-state index contributed by atoms with van der Waals surface area (Å²) in [5.74, 6) is -4.84. The van der Waals surface area contributed by atoms with Gasteiger partial charge in [0, 0.05) is 18.2 Å². The lowest BCUT2D eigenvalue weighted by molar-refractivity contribution is -0.167. The van der Waals surface area contributed by atoms with Crippen LogP contribution in [0.5, 0.6) is 0 Å². The van der Waals surface area contributed by atoms with E-state index in [1.165, 1.54) is 23.5 Å². The molecule has 216 valence electrons. The molecule has 2 amide bonds. The fraction of sp³-hybridized carbons (Fsp3) is 0.192. The molecule has 3 aromatic rings. The molecule has 0 radical (unpaired) electrons. The highest BCUT2D eigenvalue weighted by Gasteiger charge is 2.76. The van der Waals surface area contributed by atoms with Crippen molar-refractivity contribution in [2.75, 3.05) is 22.5 Å². The lowest BCUT2D eigenvalue weighted by atomic mass is 10.00. The Kier molecular flexibility index (Phi) is 8.74. The summed E-state index contributed by atoms with van der Waals surface area (Å²) in [5.41, 5.74) is -1.46. The van der Waals surface area contributed by atoms with E-state index in [0.717, 1.165) is 12.1 Å². The number of nitrogens with one attached hydrogen (secondary N) is 3. The van der Waals surface area contributed by atoms with Crippen LogP contribution in [-0.2, 0) is 9.59 Å². The number of hydrogen-bond acceptors (Lipinski definition) is 4. The first kappa shape index (κ1) is 31.2. The highest BCUT2D eigenvalue weighted by molar-refractivity contribution is 6.54. The van der Waals surface area contributed by atoms with Crippen LogP contribution in [-0.4, -0.2) is 35.2 Å². The molecule has 3 N–H and O–H groups in total. The van der Waals surface area contributed by atoms with Crippen LogP contribution < -0.4 is 16.0 Å². The topological polar surface area (TPSA) is 87.3 Å². The van der Waals surface area contributed by atoms with Gasteiger partial charge in [-0.25, -0.2) is 4.39 Å². The molecule has 41 heavy (non-hydrogen) atoms. The van der Waals surface area contributed by atoms with Gasteiger partial charge in [-0.15, -0.1) is 0 Å². The second kappa shape index (κ2) is 11.5. The quantitative estimate of drug-likeness (QED) is 0.128.